The third kappa shape index (κ3) is 45.8. The van der Waals surface area contributed by atoms with Gasteiger partial charge >= 0.3 is 0 Å². The van der Waals surface area contributed by atoms with Crippen molar-refractivity contribution in [1.82, 2.24) is 5.32 Å². The number of rotatable bonds is 55. The Morgan fingerprint density at radius 1 is 0.449 bits per heavy atom. The Hall–Kier alpha value is -2.89. The predicted molar refractivity (Wildman–Crippen MR) is 331 cm³/mol. The fourth-order valence-corrected chi connectivity index (χ4v) is 9.88. The summed E-state index contributed by atoms with van der Waals surface area (Å²) in [4.78, 5) is 13.1. The van der Waals surface area contributed by atoms with Crippen LogP contribution in [0.15, 0.2) is 97.2 Å². The van der Waals surface area contributed by atoms with Crippen LogP contribution in [0.4, 0.5) is 0 Å². The molecule has 1 rings (SSSR count). The van der Waals surface area contributed by atoms with Crippen LogP contribution in [0.25, 0.3) is 0 Å². The SMILES string of the molecule is CC/C=C\C/C=C\C/C=C\C/C=C\C/C=C\C/C=C\C/C=C\C/C=C\CCCCCCCCCCCCCCCCC(=O)NC(COC1OC(CO)C(O)C(O)C1O)C(O)CCCCCCCCCCCCCCCCCC. The number of hydrogen-bond donors (Lipinski definition) is 6. The van der Waals surface area contributed by atoms with E-state index in [-0.39, 0.29) is 12.5 Å². The molecule has 0 radical (unpaired) electrons. The van der Waals surface area contributed by atoms with Gasteiger partial charge in [0.05, 0.1) is 25.4 Å². The standard InChI is InChI=1S/C69H121NO8/c1-3-5-7-9-11-13-15-17-19-21-22-23-24-25-26-27-28-29-30-31-32-33-34-35-36-37-38-39-40-41-42-43-45-47-49-51-53-55-57-59-65(73)70-62(61-77-69-68(76)67(75)66(74)64(60-71)78-69)63(72)58-56-54-52-50-48-46-44-20-18-16-14-12-10-8-6-4-2/h5,7,11,13,17,19,22-23,25-26,28-29,31-32,34-35,62-64,66-69,71-72,74-76H,3-4,6,8-10,12,14-16,18,20-21,24,27,30,33,36-61H2,1-2H3,(H,70,73)/b7-5-,13-11-,19-17-,23-22-,26-25-,29-28-,32-31-,35-34-. The first kappa shape index (κ1) is 73.1. The molecule has 9 nitrogen and oxygen atoms in total. The highest BCUT2D eigenvalue weighted by Crippen LogP contribution is 2.23. The molecule has 1 aliphatic rings. The van der Waals surface area contributed by atoms with Crippen molar-refractivity contribution in [1.29, 1.82) is 0 Å². The molecular weight excluding hydrogens is 971 g/mol. The van der Waals surface area contributed by atoms with Crippen LogP contribution >= 0.6 is 0 Å². The van der Waals surface area contributed by atoms with E-state index in [4.69, 9.17) is 9.47 Å². The monoisotopic (exact) mass is 1090 g/mol. The van der Waals surface area contributed by atoms with Gasteiger partial charge in [0.15, 0.2) is 6.29 Å². The maximum atomic E-state index is 13.1. The molecule has 7 unspecified atom stereocenters. The van der Waals surface area contributed by atoms with Crippen LogP contribution in [0.3, 0.4) is 0 Å². The number of hydrogen-bond acceptors (Lipinski definition) is 8. The summed E-state index contributed by atoms with van der Waals surface area (Å²) in [6.07, 6.45) is 75.9. The van der Waals surface area contributed by atoms with Gasteiger partial charge in [-0.2, -0.15) is 0 Å². The summed E-state index contributed by atoms with van der Waals surface area (Å²) in [6, 6.07) is -0.724. The van der Waals surface area contributed by atoms with Crippen molar-refractivity contribution in [2.75, 3.05) is 13.2 Å². The van der Waals surface area contributed by atoms with Crippen LogP contribution in [0.1, 0.15) is 277 Å². The number of nitrogens with one attached hydrogen (secondary N) is 1. The smallest absolute Gasteiger partial charge is 0.220 e. The molecular formula is C69H121NO8. The Kier molecular flexibility index (Phi) is 53.8. The van der Waals surface area contributed by atoms with Gasteiger partial charge < -0.3 is 40.3 Å². The Bertz CT molecular complexity index is 1550. The minimum absolute atomic E-state index is 0.140. The van der Waals surface area contributed by atoms with E-state index in [9.17, 15) is 30.3 Å². The van der Waals surface area contributed by atoms with Gasteiger partial charge in [-0.25, -0.2) is 0 Å². The fraction of sp³-hybridized carbons (Fsp3) is 0.754. The lowest BCUT2D eigenvalue weighted by Crippen LogP contribution is -2.60. The van der Waals surface area contributed by atoms with Gasteiger partial charge in [0, 0.05) is 6.42 Å². The van der Waals surface area contributed by atoms with Crippen LogP contribution in [0.5, 0.6) is 0 Å². The van der Waals surface area contributed by atoms with Gasteiger partial charge in [-0.15, -0.1) is 0 Å². The molecule has 1 amide bonds. The van der Waals surface area contributed by atoms with E-state index in [2.05, 4.69) is 116 Å². The number of unbranched alkanes of at least 4 members (excludes halogenated alkanes) is 29. The van der Waals surface area contributed by atoms with Crippen molar-refractivity contribution in [3.63, 3.8) is 0 Å². The molecule has 7 atom stereocenters. The number of allylic oxidation sites excluding steroid dienone is 16. The van der Waals surface area contributed by atoms with Crippen molar-refractivity contribution in [3.8, 4) is 0 Å². The van der Waals surface area contributed by atoms with Gasteiger partial charge in [0.2, 0.25) is 5.91 Å². The summed E-state index contributed by atoms with van der Waals surface area (Å²) in [5, 5.41) is 54.7. The van der Waals surface area contributed by atoms with Crippen LogP contribution in [0, 0.1) is 0 Å². The zero-order valence-corrected chi connectivity index (χ0v) is 50.1. The average molecular weight is 1090 g/mol. The van der Waals surface area contributed by atoms with Gasteiger partial charge in [-0.3, -0.25) is 4.79 Å². The van der Waals surface area contributed by atoms with E-state index in [1.807, 2.05) is 0 Å². The fourth-order valence-electron chi connectivity index (χ4n) is 9.88. The highest BCUT2D eigenvalue weighted by Gasteiger charge is 2.44. The molecule has 78 heavy (non-hydrogen) atoms. The highest BCUT2D eigenvalue weighted by atomic mass is 16.7. The van der Waals surface area contributed by atoms with E-state index in [0.29, 0.717) is 12.8 Å². The summed E-state index contributed by atoms with van der Waals surface area (Å²) >= 11 is 0. The molecule has 0 bridgehead atoms. The number of carbonyl (C=O) groups is 1. The molecule has 0 saturated carbocycles. The van der Waals surface area contributed by atoms with Crippen molar-refractivity contribution in [3.05, 3.63) is 97.2 Å². The minimum Gasteiger partial charge on any atom is -0.394 e. The molecule has 6 N–H and O–H groups in total. The summed E-state index contributed by atoms with van der Waals surface area (Å²) in [6.45, 7) is 3.74. The van der Waals surface area contributed by atoms with E-state index >= 15 is 0 Å². The molecule has 1 aliphatic heterocycles. The quantitative estimate of drug-likeness (QED) is 0.0261. The third-order valence-corrected chi connectivity index (χ3v) is 15.0. The molecule has 0 aromatic rings. The summed E-state index contributed by atoms with van der Waals surface area (Å²) < 4.78 is 11.3. The lowest BCUT2D eigenvalue weighted by molar-refractivity contribution is -0.302. The number of aliphatic hydroxyl groups is 5. The zero-order chi connectivity index (χ0) is 56.5. The summed E-state index contributed by atoms with van der Waals surface area (Å²) in [7, 11) is 0. The van der Waals surface area contributed by atoms with Gasteiger partial charge in [-0.05, 0) is 77.0 Å². The van der Waals surface area contributed by atoms with E-state index in [1.165, 1.54) is 161 Å². The normalized spacial score (nSPS) is 19.3. The second kappa shape index (κ2) is 57.3. The number of amides is 1. The highest BCUT2D eigenvalue weighted by molar-refractivity contribution is 5.76. The molecule has 0 aromatic heterocycles. The van der Waals surface area contributed by atoms with Crippen LogP contribution < -0.4 is 5.32 Å². The number of carbonyl (C=O) groups excluding carboxylic acids is 1. The van der Waals surface area contributed by atoms with Gasteiger partial charge in [0.1, 0.15) is 24.4 Å². The Labute approximate surface area is 479 Å². The predicted octanol–water partition coefficient (Wildman–Crippen LogP) is 17.1. The zero-order valence-electron chi connectivity index (χ0n) is 50.1. The first-order chi connectivity index (χ1) is 38.3. The van der Waals surface area contributed by atoms with Crippen molar-refractivity contribution < 1.29 is 39.8 Å². The summed E-state index contributed by atoms with van der Waals surface area (Å²) in [5.41, 5.74) is 0. The molecule has 450 valence electrons. The Balaban J connectivity index is 2.10. The minimum atomic E-state index is -1.56. The number of ether oxygens (including phenoxy) is 2. The maximum Gasteiger partial charge on any atom is 0.220 e. The Morgan fingerprint density at radius 2 is 0.795 bits per heavy atom. The lowest BCUT2D eigenvalue weighted by Gasteiger charge is -2.40. The lowest BCUT2D eigenvalue weighted by atomic mass is 9.99. The molecule has 0 aromatic carbocycles. The average Bonchev–Trinajstić information content (AvgIpc) is 3.45. The second-order valence-corrected chi connectivity index (χ2v) is 22.2. The van der Waals surface area contributed by atoms with Crippen LogP contribution in [-0.4, -0.2) is 87.5 Å². The topological polar surface area (TPSA) is 149 Å². The molecule has 0 spiro atoms. The van der Waals surface area contributed by atoms with E-state index < -0.39 is 49.5 Å². The largest absolute Gasteiger partial charge is 0.394 e. The van der Waals surface area contributed by atoms with Crippen molar-refractivity contribution in [2.24, 2.45) is 0 Å². The first-order valence-electron chi connectivity index (χ1n) is 32.4. The first-order valence-corrected chi connectivity index (χ1v) is 32.4. The van der Waals surface area contributed by atoms with E-state index in [1.54, 1.807) is 0 Å². The summed E-state index contributed by atoms with van der Waals surface area (Å²) in [5.74, 6) is -0.146. The number of aliphatic hydroxyl groups excluding tert-OH is 5. The second-order valence-electron chi connectivity index (χ2n) is 22.2. The van der Waals surface area contributed by atoms with E-state index in [0.717, 1.165) is 89.9 Å². The molecule has 9 heteroatoms. The van der Waals surface area contributed by atoms with Crippen molar-refractivity contribution >= 4 is 5.91 Å². The van der Waals surface area contributed by atoms with Gasteiger partial charge in [-0.1, -0.05) is 291 Å². The van der Waals surface area contributed by atoms with Crippen molar-refractivity contribution in [2.45, 2.75) is 320 Å². The molecule has 1 heterocycles. The third-order valence-electron chi connectivity index (χ3n) is 15.0. The van der Waals surface area contributed by atoms with Gasteiger partial charge in [0.25, 0.3) is 0 Å². The molecule has 1 saturated heterocycles. The Morgan fingerprint density at radius 3 is 1.18 bits per heavy atom. The molecule has 0 aliphatic carbocycles. The molecule has 1 fully saturated rings. The van der Waals surface area contributed by atoms with Crippen LogP contribution in [0.2, 0.25) is 0 Å². The maximum absolute atomic E-state index is 13.1. The van der Waals surface area contributed by atoms with Crippen LogP contribution in [-0.2, 0) is 14.3 Å².